The van der Waals surface area contributed by atoms with Crippen molar-refractivity contribution in [1.29, 1.82) is 0 Å². The van der Waals surface area contributed by atoms with Gasteiger partial charge in [0.2, 0.25) is 0 Å². The van der Waals surface area contributed by atoms with Crippen molar-refractivity contribution in [2.75, 3.05) is 11.9 Å². The SMILES string of the molecule is CCNc1ccc([N+](=O)[O-])c(Sc2ncc(C)cn2)n1. The molecule has 8 heteroatoms. The predicted molar refractivity (Wildman–Crippen MR) is 75.9 cm³/mol. The average Bonchev–Trinajstić information content (AvgIpc) is 2.42. The van der Waals surface area contributed by atoms with E-state index >= 15 is 0 Å². The van der Waals surface area contributed by atoms with Crippen molar-refractivity contribution >= 4 is 23.3 Å². The fraction of sp³-hybridized carbons (Fsp3) is 0.250. The maximum absolute atomic E-state index is 11.0. The summed E-state index contributed by atoms with van der Waals surface area (Å²) < 4.78 is 0. The van der Waals surface area contributed by atoms with Gasteiger partial charge in [0.05, 0.1) is 4.92 Å². The molecule has 0 radical (unpaired) electrons. The first-order valence-electron chi connectivity index (χ1n) is 5.96. The van der Waals surface area contributed by atoms with Crippen LogP contribution in [0.5, 0.6) is 0 Å². The Morgan fingerprint density at radius 3 is 2.65 bits per heavy atom. The van der Waals surface area contributed by atoms with Gasteiger partial charge in [-0.3, -0.25) is 10.1 Å². The third-order valence-electron chi connectivity index (χ3n) is 2.34. The lowest BCUT2D eigenvalue weighted by Gasteiger charge is -2.05. The Kier molecular flexibility index (Phi) is 4.46. The number of nitrogens with one attached hydrogen (secondary N) is 1. The number of anilines is 1. The van der Waals surface area contributed by atoms with Crippen molar-refractivity contribution in [3.8, 4) is 0 Å². The summed E-state index contributed by atoms with van der Waals surface area (Å²) in [5, 5.41) is 14.8. The highest BCUT2D eigenvalue weighted by molar-refractivity contribution is 7.99. The molecule has 104 valence electrons. The molecule has 0 aliphatic rings. The molecule has 0 saturated carbocycles. The second-order valence-electron chi connectivity index (χ2n) is 3.95. The largest absolute Gasteiger partial charge is 0.370 e. The van der Waals surface area contributed by atoms with E-state index < -0.39 is 4.92 Å². The van der Waals surface area contributed by atoms with Gasteiger partial charge in [-0.25, -0.2) is 15.0 Å². The van der Waals surface area contributed by atoms with E-state index in [2.05, 4.69) is 20.3 Å². The van der Waals surface area contributed by atoms with E-state index in [9.17, 15) is 10.1 Å². The van der Waals surface area contributed by atoms with E-state index in [1.807, 2.05) is 13.8 Å². The minimum Gasteiger partial charge on any atom is -0.370 e. The lowest BCUT2D eigenvalue weighted by Crippen LogP contribution is -2.02. The molecule has 0 saturated heterocycles. The Bertz CT molecular complexity index is 618. The van der Waals surface area contributed by atoms with Crippen LogP contribution < -0.4 is 5.32 Å². The molecule has 2 aromatic heterocycles. The van der Waals surface area contributed by atoms with Crippen molar-refractivity contribution in [3.05, 3.63) is 40.2 Å². The summed E-state index contributed by atoms with van der Waals surface area (Å²) in [5.41, 5.74) is 0.874. The minimum absolute atomic E-state index is 0.0548. The van der Waals surface area contributed by atoms with Gasteiger partial charge in [-0.05, 0) is 37.2 Å². The van der Waals surface area contributed by atoms with Gasteiger partial charge in [0.25, 0.3) is 0 Å². The molecule has 0 aliphatic carbocycles. The van der Waals surface area contributed by atoms with Gasteiger partial charge < -0.3 is 5.32 Å². The Hall–Kier alpha value is -2.22. The van der Waals surface area contributed by atoms with Crippen LogP contribution in [0, 0.1) is 17.0 Å². The number of hydrogen-bond acceptors (Lipinski definition) is 7. The highest BCUT2D eigenvalue weighted by atomic mass is 32.2. The number of nitro groups is 1. The summed E-state index contributed by atoms with van der Waals surface area (Å²) in [6.07, 6.45) is 3.32. The third kappa shape index (κ3) is 3.41. The van der Waals surface area contributed by atoms with Crippen LogP contribution in [0.3, 0.4) is 0 Å². The van der Waals surface area contributed by atoms with Crippen LogP contribution in [-0.2, 0) is 0 Å². The molecule has 0 bridgehead atoms. The lowest BCUT2D eigenvalue weighted by molar-refractivity contribution is -0.388. The van der Waals surface area contributed by atoms with Gasteiger partial charge in [-0.15, -0.1) is 0 Å². The van der Waals surface area contributed by atoms with Crippen molar-refractivity contribution in [1.82, 2.24) is 15.0 Å². The molecule has 0 aliphatic heterocycles. The van der Waals surface area contributed by atoms with Crippen LogP contribution in [0.15, 0.2) is 34.7 Å². The standard InChI is InChI=1S/C12H13N5O2S/c1-3-13-10-5-4-9(17(18)19)11(16-10)20-12-14-6-8(2)7-15-12/h4-7H,3H2,1-2H3,(H,13,16). The van der Waals surface area contributed by atoms with Gasteiger partial charge in [0.15, 0.2) is 10.2 Å². The number of nitrogens with zero attached hydrogens (tertiary/aromatic N) is 4. The summed E-state index contributed by atoms with van der Waals surface area (Å²) in [4.78, 5) is 23.0. The molecule has 0 atom stereocenters. The summed E-state index contributed by atoms with van der Waals surface area (Å²) in [5.74, 6) is 0.590. The Morgan fingerprint density at radius 1 is 1.35 bits per heavy atom. The van der Waals surface area contributed by atoms with Gasteiger partial charge in [-0.1, -0.05) is 0 Å². The fourth-order valence-electron chi connectivity index (χ4n) is 1.45. The molecule has 0 fully saturated rings. The van der Waals surface area contributed by atoms with Crippen LogP contribution in [0.2, 0.25) is 0 Å². The molecule has 0 aromatic carbocycles. The minimum atomic E-state index is -0.459. The van der Waals surface area contributed by atoms with Crippen molar-refractivity contribution in [3.63, 3.8) is 0 Å². The van der Waals surface area contributed by atoms with Gasteiger partial charge in [0, 0.05) is 25.0 Å². The first kappa shape index (κ1) is 14.2. The molecule has 2 rings (SSSR count). The third-order valence-corrected chi connectivity index (χ3v) is 3.23. The number of aryl methyl sites for hydroxylation is 1. The molecule has 20 heavy (non-hydrogen) atoms. The zero-order chi connectivity index (χ0) is 14.5. The maximum Gasteiger partial charge on any atom is 0.301 e. The maximum atomic E-state index is 11.0. The van der Waals surface area contributed by atoms with Gasteiger partial charge in [0.1, 0.15) is 5.82 Å². The number of rotatable bonds is 5. The normalized spacial score (nSPS) is 10.3. The van der Waals surface area contributed by atoms with Crippen LogP contribution in [0.4, 0.5) is 11.5 Å². The van der Waals surface area contributed by atoms with Crippen LogP contribution in [-0.4, -0.2) is 26.4 Å². The highest BCUT2D eigenvalue weighted by Gasteiger charge is 2.18. The Morgan fingerprint density at radius 2 is 2.05 bits per heavy atom. The first-order valence-corrected chi connectivity index (χ1v) is 6.77. The van der Waals surface area contributed by atoms with Crippen LogP contribution >= 0.6 is 11.8 Å². The smallest absolute Gasteiger partial charge is 0.301 e. The molecule has 0 unspecified atom stereocenters. The second-order valence-corrected chi connectivity index (χ2v) is 4.91. The monoisotopic (exact) mass is 291 g/mol. The number of pyridine rings is 1. The summed E-state index contributed by atoms with van der Waals surface area (Å²) in [6, 6.07) is 3.02. The fourth-order valence-corrected chi connectivity index (χ4v) is 2.22. The van der Waals surface area contributed by atoms with Crippen LogP contribution in [0.25, 0.3) is 0 Å². The first-order chi connectivity index (χ1) is 9.60. The zero-order valence-corrected chi connectivity index (χ0v) is 11.8. The number of hydrogen-bond donors (Lipinski definition) is 1. The molecule has 2 heterocycles. The van der Waals surface area contributed by atoms with E-state index in [1.54, 1.807) is 18.5 Å². The van der Waals surface area contributed by atoms with E-state index in [4.69, 9.17) is 0 Å². The molecule has 1 N–H and O–H groups in total. The quantitative estimate of drug-likeness (QED) is 0.514. The summed E-state index contributed by atoms with van der Waals surface area (Å²) in [7, 11) is 0. The van der Waals surface area contributed by atoms with Gasteiger partial charge >= 0.3 is 5.69 Å². The molecule has 0 spiro atoms. The molecule has 7 nitrogen and oxygen atoms in total. The molecule has 2 aromatic rings. The van der Waals surface area contributed by atoms with Crippen molar-refractivity contribution < 1.29 is 4.92 Å². The Balaban J connectivity index is 2.34. The average molecular weight is 291 g/mol. The zero-order valence-electron chi connectivity index (χ0n) is 11.0. The summed E-state index contributed by atoms with van der Waals surface area (Å²) >= 11 is 1.08. The van der Waals surface area contributed by atoms with Gasteiger partial charge in [-0.2, -0.15) is 0 Å². The molecular weight excluding hydrogens is 278 g/mol. The molecular formula is C12H13N5O2S. The summed E-state index contributed by atoms with van der Waals surface area (Å²) in [6.45, 7) is 4.50. The van der Waals surface area contributed by atoms with Crippen molar-refractivity contribution in [2.24, 2.45) is 0 Å². The highest BCUT2D eigenvalue weighted by Crippen LogP contribution is 2.32. The molecule has 0 amide bonds. The predicted octanol–water partition coefficient (Wildman–Crippen LogP) is 2.67. The van der Waals surface area contributed by atoms with Crippen molar-refractivity contribution in [2.45, 2.75) is 24.0 Å². The Labute approximate surface area is 120 Å². The van der Waals surface area contributed by atoms with Crippen LogP contribution in [0.1, 0.15) is 12.5 Å². The lowest BCUT2D eigenvalue weighted by atomic mass is 10.4. The number of aromatic nitrogens is 3. The van der Waals surface area contributed by atoms with E-state index in [0.29, 0.717) is 17.5 Å². The topological polar surface area (TPSA) is 93.8 Å². The second kappa shape index (κ2) is 6.29. The van der Waals surface area contributed by atoms with E-state index in [0.717, 1.165) is 17.3 Å². The van der Waals surface area contributed by atoms with E-state index in [-0.39, 0.29) is 10.7 Å². The van der Waals surface area contributed by atoms with E-state index in [1.165, 1.54) is 6.07 Å².